The molecule has 1 fully saturated rings. The minimum Gasteiger partial charge on any atom is -0.355 e. The Morgan fingerprint density at radius 2 is 1.80 bits per heavy atom. The monoisotopic (exact) mass is 282 g/mol. The molecule has 118 valence electrons. The van der Waals surface area contributed by atoms with Crippen molar-refractivity contribution >= 4 is 5.96 Å². The lowest BCUT2D eigenvalue weighted by Crippen LogP contribution is -2.50. The van der Waals surface area contributed by atoms with Gasteiger partial charge < -0.3 is 10.6 Å². The van der Waals surface area contributed by atoms with Crippen LogP contribution >= 0.6 is 0 Å². The lowest BCUT2D eigenvalue weighted by Gasteiger charge is -2.35. The fourth-order valence-corrected chi connectivity index (χ4v) is 2.42. The van der Waals surface area contributed by atoms with Crippen LogP contribution in [0.1, 0.15) is 47.5 Å². The van der Waals surface area contributed by atoms with Crippen LogP contribution in [0.5, 0.6) is 0 Å². The maximum atomic E-state index is 4.32. The van der Waals surface area contributed by atoms with Crippen molar-refractivity contribution in [3.63, 3.8) is 0 Å². The van der Waals surface area contributed by atoms with Gasteiger partial charge in [0.25, 0.3) is 0 Å². The van der Waals surface area contributed by atoms with Crippen LogP contribution in [-0.2, 0) is 0 Å². The van der Waals surface area contributed by atoms with Gasteiger partial charge in [-0.25, -0.2) is 0 Å². The largest absolute Gasteiger partial charge is 0.355 e. The minimum atomic E-state index is 0.437. The summed E-state index contributed by atoms with van der Waals surface area (Å²) in [6.45, 7) is 14.7. The summed E-state index contributed by atoms with van der Waals surface area (Å²) in [6.07, 6.45) is 2.67. The third-order valence-electron chi connectivity index (χ3n) is 4.59. The fourth-order valence-electron chi connectivity index (χ4n) is 2.42. The Morgan fingerprint density at radius 1 is 1.20 bits per heavy atom. The quantitative estimate of drug-likeness (QED) is 0.600. The number of guanidine groups is 1. The Morgan fingerprint density at radius 3 is 2.30 bits per heavy atom. The molecule has 0 amide bonds. The van der Waals surface area contributed by atoms with Crippen molar-refractivity contribution < 1.29 is 0 Å². The molecule has 20 heavy (non-hydrogen) atoms. The van der Waals surface area contributed by atoms with Crippen molar-refractivity contribution in [2.75, 3.05) is 26.7 Å². The van der Waals surface area contributed by atoms with Crippen LogP contribution < -0.4 is 10.6 Å². The first-order chi connectivity index (χ1) is 9.43. The summed E-state index contributed by atoms with van der Waals surface area (Å²) in [5.41, 5.74) is 0. The van der Waals surface area contributed by atoms with Crippen LogP contribution in [0, 0.1) is 11.8 Å². The summed E-state index contributed by atoms with van der Waals surface area (Å²) < 4.78 is 0. The number of nitrogens with one attached hydrogen (secondary N) is 2. The van der Waals surface area contributed by atoms with E-state index in [2.05, 4.69) is 55.1 Å². The van der Waals surface area contributed by atoms with E-state index in [9.17, 15) is 0 Å². The third-order valence-corrected chi connectivity index (χ3v) is 4.59. The Kier molecular flexibility index (Phi) is 7.35. The number of nitrogens with zero attached hydrogens (tertiary/aromatic N) is 2. The molecule has 2 atom stereocenters. The molecule has 1 rings (SSSR count). The van der Waals surface area contributed by atoms with E-state index in [0.717, 1.165) is 18.4 Å². The van der Waals surface area contributed by atoms with Gasteiger partial charge in [-0.05, 0) is 51.6 Å². The molecular formula is C16H34N4. The van der Waals surface area contributed by atoms with Gasteiger partial charge in [0.1, 0.15) is 0 Å². The van der Waals surface area contributed by atoms with E-state index in [4.69, 9.17) is 0 Å². The number of piperidine rings is 1. The molecule has 1 aliphatic heterocycles. The normalized spacial score (nSPS) is 21.9. The maximum absolute atomic E-state index is 4.32. The van der Waals surface area contributed by atoms with E-state index in [1.165, 1.54) is 25.9 Å². The average molecular weight is 282 g/mol. The first kappa shape index (κ1) is 17.3. The van der Waals surface area contributed by atoms with Crippen LogP contribution in [0.15, 0.2) is 4.99 Å². The Bertz CT molecular complexity index is 293. The minimum absolute atomic E-state index is 0.437. The van der Waals surface area contributed by atoms with Gasteiger partial charge in [-0.1, -0.05) is 20.8 Å². The molecule has 0 aromatic heterocycles. The highest BCUT2D eigenvalue weighted by Crippen LogP contribution is 2.17. The molecule has 0 aromatic carbocycles. The van der Waals surface area contributed by atoms with Crippen LogP contribution in [-0.4, -0.2) is 49.6 Å². The number of likely N-dealkylation sites (tertiary alicyclic amines) is 1. The van der Waals surface area contributed by atoms with Gasteiger partial charge in [0.05, 0.1) is 0 Å². The predicted octanol–water partition coefficient (Wildman–Crippen LogP) is 2.32. The second-order valence-electron chi connectivity index (χ2n) is 6.70. The Balaban J connectivity index is 2.33. The maximum Gasteiger partial charge on any atom is 0.191 e. The van der Waals surface area contributed by atoms with E-state index in [-0.39, 0.29) is 0 Å². The molecule has 0 saturated carbocycles. The second kappa shape index (κ2) is 8.50. The van der Waals surface area contributed by atoms with E-state index in [1.807, 2.05) is 7.05 Å². The number of hydrogen-bond donors (Lipinski definition) is 2. The smallest absolute Gasteiger partial charge is 0.191 e. The highest BCUT2D eigenvalue weighted by atomic mass is 15.2. The average Bonchev–Trinajstić information content (AvgIpc) is 2.43. The molecule has 0 bridgehead atoms. The number of hydrogen-bond acceptors (Lipinski definition) is 2. The molecule has 0 spiro atoms. The van der Waals surface area contributed by atoms with Crippen molar-refractivity contribution in [2.45, 2.75) is 59.5 Å². The summed E-state index contributed by atoms with van der Waals surface area (Å²) in [4.78, 5) is 6.90. The van der Waals surface area contributed by atoms with E-state index in [0.29, 0.717) is 18.0 Å². The molecule has 1 saturated heterocycles. The zero-order valence-electron chi connectivity index (χ0n) is 14.2. The van der Waals surface area contributed by atoms with Crippen LogP contribution in [0.2, 0.25) is 0 Å². The molecule has 0 aliphatic carbocycles. The number of aliphatic imine (C=N–C) groups is 1. The molecule has 2 unspecified atom stereocenters. The lowest BCUT2D eigenvalue weighted by molar-refractivity contribution is 0.147. The summed E-state index contributed by atoms with van der Waals surface area (Å²) in [7, 11) is 1.84. The molecule has 1 aliphatic rings. The zero-order valence-corrected chi connectivity index (χ0v) is 14.2. The van der Waals surface area contributed by atoms with Crippen molar-refractivity contribution in [3.8, 4) is 0 Å². The lowest BCUT2D eigenvalue weighted by atomic mass is 9.98. The fraction of sp³-hybridized carbons (Fsp3) is 0.938. The van der Waals surface area contributed by atoms with Crippen molar-refractivity contribution in [2.24, 2.45) is 16.8 Å². The molecular weight excluding hydrogens is 248 g/mol. The van der Waals surface area contributed by atoms with Gasteiger partial charge in [0.2, 0.25) is 0 Å². The first-order valence-electron chi connectivity index (χ1n) is 8.15. The topological polar surface area (TPSA) is 39.7 Å². The van der Waals surface area contributed by atoms with E-state index in [1.54, 1.807) is 0 Å². The van der Waals surface area contributed by atoms with Gasteiger partial charge >= 0.3 is 0 Å². The van der Waals surface area contributed by atoms with Gasteiger partial charge in [-0.3, -0.25) is 9.89 Å². The van der Waals surface area contributed by atoms with Gasteiger partial charge in [-0.2, -0.15) is 0 Å². The van der Waals surface area contributed by atoms with Crippen molar-refractivity contribution in [1.29, 1.82) is 0 Å². The number of rotatable bonds is 5. The Labute approximate surface area is 125 Å². The summed E-state index contributed by atoms with van der Waals surface area (Å²) >= 11 is 0. The first-order valence-corrected chi connectivity index (χ1v) is 8.15. The summed E-state index contributed by atoms with van der Waals surface area (Å²) in [5, 5.41) is 6.91. The molecule has 4 nitrogen and oxygen atoms in total. The van der Waals surface area contributed by atoms with Crippen LogP contribution in [0.4, 0.5) is 0 Å². The second-order valence-corrected chi connectivity index (χ2v) is 6.70. The standard InChI is InChI=1S/C16H34N4/c1-12(2)15(5)19-16(17-6)18-11-14(4)20-9-7-13(3)8-10-20/h12-15H,7-11H2,1-6H3,(H2,17,18,19). The van der Waals surface area contributed by atoms with E-state index < -0.39 is 0 Å². The highest BCUT2D eigenvalue weighted by Gasteiger charge is 2.20. The van der Waals surface area contributed by atoms with Crippen molar-refractivity contribution in [3.05, 3.63) is 0 Å². The summed E-state index contributed by atoms with van der Waals surface area (Å²) in [6, 6.07) is 1.00. The van der Waals surface area contributed by atoms with Crippen LogP contribution in [0.25, 0.3) is 0 Å². The zero-order chi connectivity index (χ0) is 15.1. The molecule has 0 radical (unpaired) electrons. The highest BCUT2D eigenvalue weighted by molar-refractivity contribution is 5.79. The molecule has 2 N–H and O–H groups in total. The SMILES string of the molecule is CN=C(NCC(C)N1CCC(C)CC1)NC(C)C(C)C. The molecule has 0 aromatic rings. The van der Waals surface area contributed by atoms with Crippen LogP contribution in [0.3, 0.4) is 0 Å². The Hall–Kier alpha value is -0.770. The molecule has 4 heteroatoms. The summed E-state index contributed by atoms with van der Waals surface area (Å²) in [5.74, 6) is 2.42. The van der Waals surface area contributed by atoms with Crippen molar-refractivity contribution in [1.82, 2.24) is 15.5 Å². The third kappa shape index (κ3) is 5.70. The van der Waals surface area contributed by atoms with E-state index >= 15 is 0 Å². The van der Waals surface area contributed by atoms with Gasteiger partial charge in [0.15, 0.2) is 5.96 Å². The van der Waals surface area contributed by atoms with Gasteiger partial charge in [-0.15, -0.1) is 0 Å². The predicted molar refractivity (Wildman–Crippen MR) is 88.2 cm³/mol. The molecule has 1 heterocycles. The van der Waals surface area contributed by atoms with Gasteiger partial charge in [0, 0.05) is 25.7 Å².